The molecule has 2 heterocycles. The number of hydrogen-bond donors (Lipinski definition) is 2. The lowest BCUT2D eigenvalue weighted by molar-refractivity contribution is 0.0781. The van der Waals surface area contributed by atoms with Gasteiger partial charge in [-0.2, -0.15) is 0 Å². The van der Waals surface area contributed by atoms with Crippen molar-refractivity contribution in [2.45, 2.75) is 13.5 Å². The highest BCUT2D eigenvalue weighted by Gasteiger charge is 2.16. The van der Waals surface area contributed by atoms with Crippen molar-refractivity contribution in [3.63, 3.8) is 0 Å². The number of anilines is 1. The summed E-state index contributed by atoms with van der Waals surface area (Å²) in [6.07, 6.45) is 0. The van der Waals surface area contributed by atoms with Gasteiger partial charge in [-0.3, -0.25) is 14.3 Å². The van der Waals surface area contributed by atoms with Gasteiger partial charge >= 0.3 is 0 Å². The number of amides is 1. The molecular weight excluding hydrogens is 388 g/mol. The average molecular weight is 406 g/mol. The molecule has 1 aromatic carbocycles. The van der Waals surface area contributed by atoms with Crippen LogP contribution in [0.2, 0.25) is 0 Å². The highest BCUT2D eigenvalue weighted by molar-refractivity contribution is 7.92. The van der Waals surface area contributed by atoms with Crippen molar-refractivity contribution in [3.8, 4) is 0 Å². The van der Waals surface area contributed by atoms with Gasteiger partial charge in [0.2, 0.25) is 10.0 Å². The van der Waals surface area contributed by atoms with Crippen LogP contribution in [-0.2, 0) is 16.6 Å². The Morgan fingerprint density at radius 1 is 1.33 bits per heavy atom. The molecule has 0 spiro atoms. The predicted molar refractivity (Wildman–Crippen MR) is 106 cm³/mol. The number of carbonyl (C=O) groups is 1. The van der Waals surface area contributed by atoms with Gasteiger partial charge in [0.25, 0.3) is 11.5 Å². The number of carbonyl (C=O) groups excluding carboxylic acids is 1. The van der Waals surface area contributed by atoms with E-state index in [0.717, 1.165) is 0 Å². The van der Waals surface area contributed by atoms with E-state index in [-0.39, 0.29) is 23.8 Å². The molecule has 0 bridgehead atoms. The molecule has 0 radical (unpaired) electrons. The molecule has 2 aromatic heterocycles. The maximum absolute atomic E-state index is 12.7. The van der Waals surface area contributed by atoms with Gasteiger partial charge in [0, 0.05) is 18.3 Å². The Kier molecular flexibility index (Phi) is 5.29. The first-order valence-corrected chi connectivity index (χ1v) is 10.6. The van der Waals surface area contributed by atoms with Gasteiger partial charge in [-0.25, -0.2) is 13.4 Å². The number of hydrogen-bond acceptors (Lipinski definition) is 6. The molecule has 0 aliphatic rings. The number of fused-ring (bicyclic) bond motifs is 1. The molecule has 1 amide bonds. The van der Waals surface area contributed by atoms with Crippen LogP contribution in [-0.4, -0.2) is 42.0 Å². The van der Waals surface area contributed by atoms with Gasteiger partial charge in [-0.05, 0) is 36.6 Å². The van der Waals surface area contributed by atoms with Gasteiger partial charge < -0.3 is 9.88 Å². The molecule has 0 atom stereocenters. The molecule has 27 heavy (non-hydrogen) atoms. The number of benzene rings is 1. The first-order chi connectivity index (χ1) is 12.8. The molecule has 142 valence electrons. The second kappa shape index (κ2) is 7.49. The van der Waals surface area contributed by atoms with Crippen LogP contribution in [0.3, 0.4) is 0 Å². The van der Waals surface area contributed by atoms with Gasteiger partial charge in [0.15, 0.2) is 0 Å². The quantitative estimate of drug-likeness (QED) is 0.650. The zero-order chi connectivity index (χ0) is 19.6. The van der Waals surface area contributed by atoms with E-state index in [2.05, 4.69) is 14.7 Å². The number of aromatic nitrogens is 2. The predicted octanol–water partition coefficient (Wildman–Crippen LogP) is 2.02. The summed E-state index contributed by atoms with van der Waals surface area (Å²) < 4.78 is 26.4. The van der Waals surface area contributed by atoms with Crippen molar-refractivity contribution in [1.29, 1.82) is 0 Å². The normalized spacial score (nSPS) is 11.5. The number of sulfonamides is 1. The lowest BCUT2D eigenvalue weighted by atomic mass is 10.2. The average Bonchev–Trinajstić information content (AvgIpc) is 3.10. The third kappa shape index (κ3) is 4.34. The van der Waals surface area contributed by atoms with E-state index < -0.39 is 10.0 Å². The van der Waals surface area contributed by atoms with Gasteiger partial charge in [0.1, 0.15) is 10.5 Å². The van der Waals surface area contributed by atoms with E-state index in [1.165, 1.54) is 29.2 Å². The van der Waals surface area contributed by atoms with Crippen molar-refractivity contribution in [3.05, 3.63) is 57.5 Å². The van der Waals surface area contributed by atoms with Crippen molar-refractivity contribution in [2.75, 3.05) is 17.5 Å². The molecule has 0 aliphatic carbocycles. The highest BCUT2D eigenvalue weighted by atomic mass is 32.2. The van der Waals surface area contributed by atoms with Crippen LogP contribution in [0.25, 0.3) is 10.2 Å². The number of H-pyrrole nitrogens is 1. The van der Waals surface area contributed by atoms with Crippen molar-refractivity contribution in [1.82, 2.24) is 14.9 Å². The minimum absolute atomic E-state index is 0.0603. The van der Waals surface area contributed by atoms with E-state index >= 15 is 0 Å². The van der Waals surface area contributed by atoms with Crippen LogP contribution in [0.15, 0.2) is 40.5 Å². The first-order valence-electron chi connectivity index (χ1n) is 8.11. The van der Waals surface area contributed by atoms with E-state index in [4.69, 9.17) is 0 Å². The Morgan fingerprint density at radius 3 is 2.85 bits per heavy atom. The topological polar surface area (TPSA) is 112 Å². The number of aromatic amines is 1. The SMILES string of the molecule is CCS(=O)(=O)Nc1cccc(C(=O)N(C)Cc2nc3ccsc3c(=O)[nH]2)c1. The lowest BCUT2D eigenvalue weighted by Gasteiger charge is -2.17. The monoisotopic (exact) mass is 406 g/mol. The minimum atomic E-state index is -3.43. The van der Waals surface area contributed by atoms with Gasteiger partial charge in [-0.1, -0.05) is 6.07 Å². The summed E-state index contributed by atoms with van der Waals surface area (Å²) >= 11 is 1.31. The van der Waals surface area contributed by atoms with Crippen LogP contribution in [0.1, 0.15) is 23.1 Å². The van der Waals surface area contributed by atoms with E-state index in [1.807, 2.05) is 0 Å². The Labute approximate surface area is 159 Å². The molecule has 10 heteroatoms. The van der Waals surface area contributed by atoms with Crippen LogP contribution in [0.5, 0.6) is 0 Å². The smallest absolute Gasteiger partial charge is 0.268 e. The van der Waals surface area contributed by atoms with E-state index in [9.17, 15) is 18.0 Å². The molecule has 0 aliphatic heterocycles. The number of rotatable bonds is 6. The Bertz CT molecular complexity index is 1150. The van der Waals surface area contributed by atoms with Crippen LogP contribution < -0.4 is 10.3 Å². The summed E-state index contributed by atoms with van der Waals surface area (Å²) in [5.41, 5.74) is 1.01. The summed E-state index contributed by atoms with van der Waals surface area (Å²) in [5, 5.41) is 1.79. The fraction of sp³-hybridized carbons (Fsp3) is 0.235. The molecule has 2 N–H and O–H groups in total. The lowest BCUT2D eigenvalue weighted by Crippen LogP contribution is -2.28. The number of thiophene rings is 1. The Morgan fingerprint density at radius 2 is 2.11 bits per heavy atom. The van der Waals surface area contributed by atoms with E-state index in [0.29, 0.717) is 27.3 Å². The molecule has 3 rings (SSSR count). The second-order valence-corrected chi connectivity index (χ2v) is 8.82. The molecule has 0 saturated carbocycles. The maximum Gasteiger partial charge on any atom is 0.268 e. The molecule has 8 nitrogen and oxygen atoms in total. The van der Waals surface area contributed by atoms with Crippen molar-refractivity contribution < 1.29 is 13.2 Å². The number of nitrogens with zero attached hydrogens (tertiary/aromatic N) is 2. The first kappa shape index (κ1) is 19.1. The summed E-state index contributed by atoms with van der Waals surface area (Å²) in [4.78, 5) is 33.1. The minimum Gasteiger partial charge on any atom is -0.334 e. The summed E-state index contributed by atoms with van der Waals surface area (Å²) in [6.45, 7) is 1.65. The fourth-order valence-corrected chi connectivity index (χ4v) is 3.84. The molecule has 0 fully saturated rings. The van der Waals surface area contributed by atoms with Crippen LogP contribution in [0.4, 0.5) is 5.69 Å². The number of nitrogens with one attached hydrogen (secondary N) is 2. The van der Waals surface area contributed by atoms with Crippen molar-refractivity contribution >= 4 is 43.2 Å². The van der Waals surface area contributed by atoms with E-state index in [1.54, 1.807) is 36.7 Å². The third-order valence-corrected chi connectivity index (χ3v) is 6.07. The molecule has 0 unspecified atom stereocenters. The summed E-state index contributed by atoms with van der Waals surface area (Å²) in [5.74, 6) is 0.0000246. The highest BCUT2D eigenvalue weighted by Crippen LogP contribution is 2.16. The maximum atomic E-state index is 12.7. The second-order valence-electron chi connectivity index (χ2n) is 5.90. The largest absolute Gasteiger partial charge is 0.334 e. The Hall–Kier alpha value is -2.72. The zero-order valence-corrected chi connectivity index (χ0v) is 16.4. The summed E-state index contributed by atoms with van der Waals surface area (Å²) in [6, 6.07) is 8.01. The van der Waals surface area contributed by atoms with Gasteiger partial charge in [0.05, 0.1) is 17.8 Å². The summed E-state index contributed by atoms with van der Waals surface area (Å²) in [7, 11) is -1.84. The van der Waals surface area contributed by atoms with Crippen LogP contribution >= 0.6 is 11.3 Å². The molecule has 3 aromatic rings. The van der Waals surface area contributed by atoms with Crippen molar-refractivity contribution in [2.24, 2.45) is 0 Å². The zero-order valence-electron chi connectivity index (χ0n) is 14.7. The standard InChI is InChI=1S/C17H18N4O4S2/c1-3-27(24,25)20-12-6-4-5-11(9-12)17(23)21(2)10-14-18-13-7-8-26-15(13)16(22)19-14/h4-9,20H,3,10H2,1-2H3,(H,18,19,22). The fourth-order valence-electron chi connectivity index (χ4n) is 2.48. The van der Waals surface area contributed by atoms with Crippen LogP contribution in [0, 0.1) is 0 Å². The molecular formula is C17H18N4O4S2. The molecule has 0 saturated heterocycles. The third-order valence-electron chi connectivity index (χ3n) is 3.86. The Balaban J connectivity index is 1.79. The van der Waals surface area contributed by atoms with Gasteiger partial charge in [-0.15, -0.1) is 11.3 Å².